The molecular weight excluding hydrogens is 288 g/mol. The minimum absolute atomic E-state index is 0.454. The maximum Gasteiger partial charge on any atom is 0.0294 e. The van der Waals surface area contributed by atoms with Crippen LogP contribution >= 0.6 is 15.9 Å². The topological polar surface area (TPSA) is 15.3 Å². The molecule has 3 rings (SSSR count). The minimum atomic E-state index is 0.454. The standard InChI is InChI=1S/C15H21BrN2/c1-11(12-2-4-14(16)5-3-12)17-15-7-9-18-8-6-13(15)10-18/h2-5,11,13,15,17H,6-10H2,1H3. The number of fused-ring (bicyclic) bond motifs is 2. The van der Waals surface area contributed by atoms with Crippen molar-refractivity contribution in [3.8, 4) is 0 Å². The first-order valence-corrected chi connectivity index (χ1v) is 7.75. The number of halogens is 1. The predicted octanol–water partition coefficient (Wildman–Crippen LogP) is 3.19. The molecular formula is C15H21BrN2. The molecule has 0 saturated carbocycles. The molecule has 2 bridgehead atoms. The molecule has 0 radical (unpaired) electrons. The maximum atomic E-state index is 3.84. The summed E-state index contributed by atoms with van der Waals surface area (Å²) in [6, 6.07) is 9.85. The van der Waals surface area contributed by atoms with Crippen molar-refractivity contribution in [1.82, 2.24) is 10.2 Å². The Morgan fingerprint density at radius 2 is 1.94 bits per heavy atom. The first kappa shape index (κ1) is 12.6. The fourth-order valence-corrected chi connectivity index (χ4v) is 3.60. The third kappa shape index (κ3) is 2.63. The summed E-state index contributed by atoms with van der Waals surface area (Å²) in [6.07, 6.45) is 2.69. The van der Waals surface area contributed by atoms with Crippen LogP contribution in [0.25, 0.3) is 0 Å². The number of hydrogen-bond donors (Lipinski definition) is 1. The molecule has 0 amide bonds. The Morgan fingerprint density at radius 3 is 2.72 bits per heavy atom. The summed E-state index contributed by atoms with van der Waals surface area (Å²) in [4.78, 5) is 2.60. The Hall–Kier alpha value is -0.380. The molecule has 2 aliphatic rings. The fraction of sp³-hybridized carbons (Fsp3) is 0.600. The van der Waals surface area contributed by atoms with Crippen molar-refractivity contribution < 1.29 is 0 Å². The second kappa shape index (κ2) is 5.32. The molecule has 4 atom stereocenters. The summed E-state index contributed by atoms with van der Waals surface area (Å²) in [5, 5.41) is 3.84. The summed E-state index contributed by atoms with van der Waals surface area (Å²) in [5.41, 5.74) is 1.39. The molecule has 18 heavy (non-hydrogen) atoms. The Labute approximate surface area is 118 Å². The number of hydrogen-bond acceptors (Lipinski definition) is 2. The van der Waals surface area contributed by atoms with Gasteiger partial charge in [-0.15, -0.1) is 0 Å². The van der Waals surface area contributed by atoms with Crippen molar-refractivity contribution in [1.29, 1.82) is 0 Å². The summed E-state index contributed by atoms with van der Waals surface area (Å²) >= 11 is 3.49. The highest BCUT2D eigenvalue weighted by atomic mass is 79.9. The van der Waals surface area contributed by atoms with Crippen LogP contribution in [0.4, 0.5) is 0 Å². The quantitative estimate of drug-likeness (QED) is 0.922. The molecule has 4 unspecified atom stereocenters. The fourth-order valence-electron chi connectivity index (χ4n) is 3.34. The lowest BCUT2D eigenvalue weighted by Crippen LogP contribution is -2.44. The highest BCUT2D eigenvalue weighted by Crippen LogP contribution is 2.29. The Kier molecular flexibility index (Phi) is 3.73. The van der Waals surface area contributed by atoms with Crippen molar-refractivity contribution in [2.24, 2.45) is 5.92 Å². The highest BCUT2D eigenvalue weighted by Gasteiger charge is 2.34. The van der Waals surface area contributed by atoms with Gasteiger partial charge in [-0.25, -0.2) is 0 Å². The number of nitrogens with one attached hydrogen (secondary N) is 1. The lowest BCUT2D eigenvalue weighted by Gasteiger charge is -2.33. The van der Waals surface area contributed by atoms with Gasteiger partial charge >= 0.3 is 0 Å². The molecule has 1 N–H and O–H groups in total. The van der Waals surface area contributed by atoms with Gasteiger partial charge in [-0.1, -0.05) is 28.1 Å². The van der Waals surface area contributed by atoms with Gasteiger partial charge in [0.2, 0.25) is 0 Å². The zero-order chi connectivity index (χ0) is 12.5. The van der Waals surface area contributed by atoms with Gasteiger partial charge in [-0.3, -0.25) is 0 Å². The van der Waals surface area contributed by atoms with Crippen LogP contribution in [0, 0.1) is 5.92 Å². The van der Waals surface area contributed by atoms with Gasteiger partial charge in [-0.05, 0) is 56.5 Å². The van der Waals surface area contributed by atoms with Crippen LogP contribution in [0.3, 0.4) is 0 Å². The van der Waals surface area contributed by atoms with E-state index in [1.54, 1.807) is 0 Å². The normalized spacial score (nSPS) is 32.4. The average molecular weight is 309 g/mol. The van der Waals surface area contributed by atoms with Crippen LogP contribution in [-0.2, 0) is 0 Å². The molecule has 2 nitrogen and oxygen atoms in total. The van der Waals surface area contributed by atoms with Crippen LogP contribution in [0.1, 0.15) is 31.4 Å². The maximum absolute atomic E-state index is 3.84. The molecule has 2 fully saturated rings. The van der Waals surface area contributed by atoms with Crippen molar-refractivity contribution in [3.63, 3.8) is 0 Å². The van der Waals surface area contributed by atoms with Gasteiger partial charge < -0.3 is 10.2 Å². The summed E-state index contributed by atoms with van der Waals surface area (Å²) < 4.78 is 1.16. The van der Waals surface area contributed by atoms with E-state index in [2.05, 4.69) is 57.3 Å². The molecule has 2 saturated heterocycles. The smallest absolute Gasteiger partial charge is 0.0294 e. The molecule has 1 aromatic carbocycles. The van der Waals surface area contributed by atoms with Crippen molar-refractivity contribution >= 4 is 15.9 Å². The van der Waals surface area contributed by atoms with Gasteiger partial charge in [0, 0.05) is 23.1 Å². The molecule has 2 heterocycles. The Bertz CT molecular complexity index is 403. The lowest BCUT2D eigenvalue weighted by molar-refractivity contribution is 0.212. The van der Waals surface area contributed by atoms with E-state index in [9.17, 15) is 0 Å². The largest absolute Gasteiger partial charge is 0.307 e. The van der Waals surface area contributed by atoms with Crippen molar-refractivity contribution in [2.45, 2.75) is 31.8 Å². The molecule has 3 heteroatoms. The SMILES string of the molecule is CC(NC1CCN2CCC1C2)c1ccc(Br)cc1. The summed E-state index contributed by atoms with van der Waals surface area (Å²) in [7, 11) is 0. The zero-order valence-electron chi connectivity index (χ0n) is 10.9. The summed E-state index contributed by atoms with van der Waals surface area (Å²) in [5.74, 6) is 0.872. The average Bonchev–Trinajstić information content (AvgIpc) is 2.76. The zero-order valence-corrected chi connectivity index (χ0v) is 12.5. The number of nitrogens with zero attached hydrogens (tertiary/aromatic N) is 1. The second-order valence-corrected chi connectivity index (χ2v) is 6.60. The minimum Gasteiger partial charge on any atom is -0.307 e. The third-order valence-electron chi connectivity index (χ3n) is 4.47. The van der Waals surface area contributed by atoms with Gasteiger partial charge in [0.1, 0.15) is 0 Å². The van der Waals surface area contributed by atoms with E-state index in [1.807, 2.05) is 0 Å². The molecule has 0 spiro atoms. The van der Waals surface area contributed by atoms with Crippen molar-refractivity contribution in [3.05, 3.63) is 34.3 Å². The van der Waals surface area contributed by atoms with Crippen LogP contribution in [-0.4, -0.2) is 30.6 Å². The van der Waals surface area contributed by atoms with Crippen LogP contribution in [0.5, 0.6) is 0 Å². The first-order chi connectivity index (χ1) is 8.72. The number of rotatable bonds is 3. The Balaban J connectivity index is 1.63. The predicted molar refractivity (Wildman–Crippen MR) is 78.6 cm³/mol. The van der Waals surface area contributed by atoms with E-state index >= 15 is 0 Å². The highest BCUT2D eigenvalue weighted by molar-refractivity contribution is 9.10. The van der Waals surface area contributed by atoms with Gasteiger partial charge in [0.25, 0.3) is 0 Å². The van der Waals surface area contributed by atoms with Gasteiger partial charge in [0.15, 0.2) is 0 Å². The van der Waals surface area contributed by atoms with Crippen LogP contribution in [0.15, 0.2) is 28.7 Å². The van der Waals surface area contributed by atoms with E-state index in [-0.39, 0.29) is 0 Å². The third-order valence-corrected chi connectivity index (χ3v) is 5.00. The van der Waals surface area contributed by atoms with E-state index < -0.39 is 0 Å². The molecule has 1 aromatic rings. The van der Waals surface area contributed by atoms with E-state index in [1.165, 1.54) is 38.0 Å². The Morgan fingerprint density at radius 1 is 1.22 bits per heavy atom. The number of benzene rings is 1. The van der Waals surface area contributed by atoms with Crippen LogP contribution in [0.2, 0.25) is 0 Å². The second-order valence-electron chi connectivity index (χ2n) is 5.68. The van der Waals surface area contributed by atoms with Gasteiger partial charge in [-0.2, -0.15) is 0 Å². The van der Waals surface area contributed by atoms with E-state index in [0.717, 1.165) is 10.4 Å². The molecule has 2 aliphatic heterocycles. The molecule has 0 aliphatic carbocycles. The lowest BCUT2D eigenvalue weighted by atomic mass is 9.93. The van der Waals surface area contributed by atoms with E-state index in [0.29, 0.717) is 12.1 Å². The monoisotopic (exact) mass is 308 g/mol. The van der Waals surface area contributed by atoms with Crippen molar-refractivity contribution in [2.75, 3.05) is 19.6 Å². The van der Waals surface area contributed by atoms with Gasteiger partial charge in [0.05, 0.1) is 0 Å². The number of piperidine rings is 1. The van der Waals surface area contributed by atoms with Crippen LogP contribution < -0.4 is 5.32 Å². The molecule has 0 aromatic heterocycles. The van der Waals surface area contributed by atoms with E-state index in [4.69, 9.17) is 0 Å². The summed E-state index contributed by atoms with van der Waals surface area (Å²) in [6.45, 7) is 6.19. The first-order valence-electron chi connectivity index (χ1n) is 6.96. The molecule has 98 valence electrons.